The number of phenols is 1. The van der Waals surface area contributed by atoms with Crippen LogP contribution in [-0.2, 0) is 12.8 Å². The lowest BCUT2D eigenvalue weighted by atomic mass is 9.85. The largest absolute Gasteiger partial charge is 0.508 e. The summed E-state index contributed by atoms with van der Waals surface area (Å²) in [5.74, 6) is 0.294. The van der Waals surface area contributed by atoms with E-state index in [1.165, 1.54) is 40.3 Å². The lowest BCUT2D eigenvalue weighted by Gasteiger charge is -2.22. The molecule has 2 aromatic carbocycles. The maximum atomic E-state index is 9.58. The van der Waals surface area contributed by atoms with Crippen LogP contribution in [0.4, 0.5) is 0 Å². The standard InChI is InChI=1S/C21H18N2O/c24-14-7-5-13(6-8-14)21-16-4-2-1-3-15(16)20-17-11-12-22-18(17)9-10-19(20)23-21/h5-12,22,24H,1-4H2. The molecule has 1 aliphatic rings. The van der Waals surface area contributed by atoms with Gasteiger partial charge in [0.25, 0.3) is 0 Å². The summed E-state index contributed by atoms with van der Waals surface area (Å²) in [5.41, 5.74) is 7.24. The molecule has 2 N–H and O–H groups in total. The summed E-state index contributed by atoms with van der Waals surface area (Å²) < 4.78 is 0. The highest BCUT2D eigenvalue weighted by atomic mass is 16.3. The number of H-pyrrole nitrogens is 1. The van der Waals surface area contributed by atoms with Gasteiger partial charge in [0.05, 0.1) is 11.2 Å². The van der Waals surface area contributed by atoms with E-state index >= 15 is 0 Å². The van der Waals surface area contributed by atoms with Crippen LogP contribution in [0.2, 0.25) is 0 Å². The van der Waals surface area contributed by atoms with Gasteiger partial charge in [0.15, 0.2) is 0 Å². The van der Waals surface area contributed by atoms with Gasteiger partial charge in [-0.1, -0.05) is 0 Å². The van der Waals surface area contributed by atoms with Crippen LogP contribution in [-0.4, -0.2) is 15.1 Å². The summed E-state index contributed by atoms with van der Waals surface area (Å²) in [7, 11) is 0. The van der Waals surface area contributed by atoms with E-state index in [1.807, 2.05) is 18.3 Å². The van der Waals surface area contributed by atoms with E-state index < -0.39 is 0 Å². The van der Waals surface area contributed by atoms with Crippen molar-refractivity contribution in [3.8, 4) is 17.0 Å². The number of phenolic OH excluding ortho intramolecular Hbond substituents is 1. The summed E-state index contributed by atoms with van der Waals surface area (Å²) >= 11 is 0. The van der Waals surface area contributed by atoms with Crippen molar-refractivity contribution in [1.29, 1.82) is 0 Å². The number of hydrogen-bond donors (Lipinski definition) is 2. The van der Waals surface area contributed by atoms with Crippen LogP contribution < -0.4 is 0 Å². The molecular formula is C21H18N2O. The van der Waals surface area contributed by atoms with Crippen molar-refractivity contribution in [2.24, 2.45) is 0 Å². The number of nitrogens with zero attached hydrogens (tertiary/aromatic N) is 1. The molecule has 0 aliphatic heterocycles. The van der Waals surface area contributed by atoms with Gasteiger partial charge in [0.1, 0.15) is 5.75 Å². The molecule has 0 saturated heterocycles. The van der Waals surface area contributed by atoms with Crippen molar-refractivity contribution in [3.63, 3.8) is 0 Å². The number of pyridine rings is 1. The highest BCUT2D eigenvalue weighted by Crippen LogP contribution is 2.38. The molecule has 0 spiro atoms. The Bertz CT molecular complexity index is 1060. The van der Waals surface area contributed by atoms with Crippen molar-refractivity contribution in [2.45, 2.75) is 25.7 Å². The molecule has 2 aromatic heterocycles. The van der Waals surface area contributed by atoms with Crippen LogP contribution in [0.3, 0.4) is 0 Å². The number of aromatic hydroxyl groups is 1. The average Bonchev–Trinajstić information content (AvgIpc) is 3.10. The third-order valence-electron chi connectivity index (χ3n) is 5.14. The fourth-order valence-corrected chi connectivity index (χ4v) is 4.02. The summed E-state index contributed by atoms with van der Waals surface area (Å²) in [6, 6.07) is 13.8. The van der Waals surface area contributed by atoms with Crippen LogP contribution in [0, 0.1) is 0 Å². The molecule has 0 saturated carbocycles. The molecule has 2 heterocycles. The van der Waals surface area contributed by atoms with Gasteiger partial charge in [0.2, 0.25) is 0 Å². The quantitative estimate of drug-likeness (QED) is 0.521. The maximum Gasteiger partial charge on any atom is 0.115 e. The normalized spacial score (nSPS) is 14.2. The number of aryl methyl sites for hydroxylation is 1. The number of fused-ring (bicyclic) bond motifs is 5. The first-order chi connectivity index (χ1) is 11.8. The van der Waals surface area contributed by atoms with E-state index in [1.54, 1.807) is 12.1 Å². The van der Waals surface area contributed by atoms with Crippen LogP contribution in [0.15, 0.2) is 48.7 Å². The van der Waals surface area contributed by atoms with E-state index in [-0.39, 0.29) is 0 Å². The Balaban J connectivity index is 1.88. The molecule has 0 bridgehead atoms. The van der Waals surface area contributed by atoms with E-state index in [2.05, 4.69) is 23.2 Å². The maximum absolute atomic E-state index is 9.58. The number of rotatable bonds is 1. The Labute approximate surface area is 140 Å². The van der Waals surface area contributed by atoms with Crippen LogP contribution >= 0.6 is 0 Å². The van der Waals surface area contributed by atoms with Crippen molar-refractivity contribution in [1.82, 2.24) is 9.97 Å². The van der Waals surface area contributed by atoms with Gasteiger partial charge < -0.3 is 10.1 Å². The Morgan fingerprint density at radius 2 is 1.67 bits per heavy atom. The number of aromatic nitrogens is 2. The fraction of sp³-hybridized carbons (Fsp3) is 0.190. The Morgan fingerprint density at radius 3 is 2.50 bits per heavy atom. The van der Waals surface area contributed by atoms with Crippen LogP contribution in [0.5, 0.6) is 5.75 Å². The molecule has 0 fully saturated rings. The number of nitrogens with one attached hydrogen (secondary N) is 1. The predicted molar refractivity (Wildman–Crippen MR) is 97.3 cm³/mol. The third-order valence-corrected chi connectivity index (χ3v) is 5.14. The molecule has 3 nitrogen and oxygen atoms in total. The zero-order chi connectivity index (χ0) is 16.1. The van der Waals surface area contributed by atoms with E-state index in [0.29, 0.717) is 5.75 Å². The monoisotopic (exact) mass is 314 g/mol. The average molecular weight is 314 g/mol. The molecule has 24 heavy (non-hydrogen) atoms. The zero-order valence-electron chi connectivity index (χ0n) is 13.3. The van der Waals surface area contributed by atoms with E-state index in [0.717, 1.165) is 29.6 Å². The first kappa shape index (κ1) is 13.6. The Kier molecular flexibility index (Phi) is 2.89. The van der Waals surface area contributed by atoms with Crippen molar-refractivity contribution in [3.05, 3.63) is 59.8 Å². The second-order valence-electron chi connectivity index (χ2n) is 6.57. The minimum absolute atomic E-state index is 0.294. The van der Waals surface area contributed by atoms with Gasteiger partial charge in [-0.15, -0.1) is 0 Å². The second-order valence-corrected chi connectivity index (χ2v) is 6.57. The highest BCUT2D eigenvalue weighted by Gasteiger charge is 2.20. The Morgan fingerprint density at radius 1 is 0.875 bits per heavy atom. The van der Waals surface area contributed by atoms with Crippen molar-refractivity contribution in [2.75, 3.05) is 0 Å². The van der Waals surface area contributed by atoms with Crippen molar-refractivity contribution >= 4 is 21.8 Å². The van der Waals surface area contributed by atoms with Gasteiger partial charge in [-0.2, -0.15) is 0 Å². The summed E-state index contributed by atoms with van der Waals surface area (Å²) in [4.78, 5) is 8.34. The topological polar surface area (TPSA) is 48.9 Å². The van der Waals surface area contributed by atoms with Gasteiger partial charge in [-0.05, 0) is 79.3 Å². The third kappa shape index (κ3) is 1.94. The van der Waals surface area contributed by atoms with Crippen LogP contribution in [0.1, 0.15) is 24.0 Å². The minimum atomic E-state index is 0.294. The summed E-state index contributed by atoms with van der Waals surface area (Å²) in [6.45, 7) is 0. The molecule has 0 amide bonds. The molecular weight excluding hydrogens is 296 g/mol. The lowest BCUT2D eigenvalue weighted by Crippen LogP contribution is -2.07. The van der Waals surface area contributed by atoms with Gasteiger partial charge in [-0.3, -0.25) is 0 Å². The number of benzene rings is 2. The smallest absolute Gasteiger partial charge is 0.115 e. The predicted octanol–water partition coefficient (Wildman–Crippen LogP) is 4.97. The van der Waals surface area contributed by atoms with Crippen LogP contribution in [0.25, 0.3) is 33.1 Å². The Hall–Kier alpha value is -2.81. The first-order valence-corrected chi connectivity index (χ1v) is 8.52. The van der Waals surface area contributed by atoms with Gasteiger partial charge in [-0.25, -0.2) is 4.98 Å². The molecule has 118 valence electrons. The van der Waals surface area contributed by atoms with Crippen molar-refractivity contribution < 1.29 is 5.11 Å². The minimum Gasteiger partial charge on any atom is -0.508 e. The molecule has 3 heteroatoms. The molecule has 0 radical (unpaired) electrons. The highest BCUT2D eigenvalue weighted by molar-refractivity contribution is 6.08. The first-order valence-electron chi connectivity index (χ1n) is 8.52. The molecule has 0 unspecified atom stereocenters. The molecule has 4 aromatic rings. The van der Waals surface area contributed by atoms with E-state index in [9.17, 15) is 5.11 Å². The van der Waals surface area contributed by atoms with Gasteiger partial charge in [0, 0.05) is 28.0 Å². The fourth-order valence-electron chi connectivity index (χ4n) is 4.02. The molecule has 1 aliphatic carbocycles. The van der Waals surface area contributed by atoms with E-state index in [4.69, 9.17) is 4.98 Å². The van der Waals surface area contributed by atoms with Gasteiger partial charge >= 0.3 is 0 Å². The summed E-state index contributed by atoms with van der Waals surface area (Å²) in [6.07, 6.45) is 6.66. The lowest BCUT2D eigenvalue weighted by molar-refractivity contribution is 0.475. The number of aromatic amines is 1. The zero-order valence-corrected chi connectivity index (χ0v) is 13.3. The summed E-state index contributed by atoms with van der Waals surface area (Å²) in [5, 5.41) is 12.2. The number of hydrogen-bond acceptors (Lipinski definition) is 2. The molecule has 5 rings (SSSR count). The SMILES string of the molecule is Oc1ccc(-c2nc3ccc4[nH]ccc4c3c3c2CCCC3)cc1. The molecule has 0 atom stereocenters. The second kappa shape index (κ2) is 5.10.